The van der Waals surface area contributed by atoms with E-state index in [9.17, 15) is 4.79 Å². The zero-order valence-electron chi connectivity index (χ0n) is 10.8. The molecule has 0 spiro atoms. The number of hydrogen-bond acceptors (Lipinski definition) is 2. The van der Waals surface area contributed by atoms with Gasteiger partial charge in [-0.25, -0.2) is 0 Å². The van der Waals surface area contributed by atoms with Gasteiger partial charge in [-0.3, -0.25) is 9.78 Å². The first-order valence-electron chi connectivity index (χ1n) is 6.16. The van der Waals surface area contributed by atoms with E-state index in [1.165, 1.54) is 0 Å². The number of hydrogen-bond donors (Lipinski definition) is 1. The maximum absolute atomic E-state index is 11.9. The van der Waals surface area contributed by atoms with Gasteiger partial charge in [0.2, 0.25) is 5.91 Å². The normalized spacial score (nSPS) is 11.1. The molecule has 1 heterocycles. The highest BCUT2D eigenvalue weighted by Crippen LogP contribution is 2.06. The number of pyridine rings is 1. The molecule has 3 nitrogen and oxygen atoms in total. The van der Waals surface area contributed by atoms with Crippen LogP contribution in [0.25, 0.3) is 6.08 Å². The monoisotopic (exact) mass is 252 g/mol. The van der Waals surface area contributed by atoms with Crippen molar-refractivity contribution < 1.29 is 4.79 Å². The molecule has 0 saturated carbocycles. The number of carbonyl (C=O) groups is 1. The molecule has 0 aliphatic rings. The largest absolute Gasteiger partial charge is 0.348 e. The third kappa shape index (κ3) is 4.07. The standard InChI is InChI=1S/C16H16N2O/c1-13(11-14-5-3-2-4-6-14)16(19)18-12-15-7-9-17-10-8-15/h2-11H,12H2,1H3,(H,18,19). The SMILES string of the molecule is CC(=Cc1ccccc1)C(=O)NCc1ccncc1. The highest BCUT2D eigenvalue weighted by atomic mass is 16.1. The zero-order chi connectivity index (χ0) is 13.5. The Balaban J connectivity index is 1.95. The van der Waals surface area contributed by atoms with Gasteiger partial charge >= 0.3 is 0 Å². The second-order valence-corrected chi connectivity index (χ2v) is 4.28. The maximum Gasteiger partial charge on any atom is 0.247 e. The van der Waals surface area contributed by atoms with Crippen LogP contribution in [-0.4, -0.2) is 10.9 Å². The van der Waals surface area contributed by atoms with Crippen LogP contribution in [0, 0.1) is 0 Å². The molecule has 0 fully saturated rings. The number of nitrogens with zero attached hydrogens (tertiary/aromatic N) is 1. The smallest absolute Gasteiger partial charge is 0.247 e. The van der Waals surface area contributed by atoms with Crippen molar-refractivity contribution in [1.29, 1.82) is 0 Å². The van der Waals surface area contributed by atoms with E-state index >= 15 is 0 Å². The first kappa shape index (κ1) is 13.0. The van der Waals surface area contributed by atoms with Crippen LogP contribution >= 0.6 is 0 Å². The predicted octanol–water partition coefficient (Wildman–Crippen LogP) is 2.80. The van der Waals surface area contributed by atoms with Crippen molar-refractivity contribution in [3.05, 3.63) is 71.6 Å². The highest BCUT2D eigenvalue weighted by Gasteiger charge is 2.03. The van der Waals surface area contributed by atoms with Crippen molar-refractivity contribution >= 4 is 12.0 Å². The fraction of sp³-hybridized carbons (Fsp3) is 0.125. The lowest BCUT2D eigenvalue weighted by molar-refractivity contribution is -0.117. The van der Waals surface area contributed by atoms with Crippen LogP contribution in [0.1, 0.15) is 18.1 Å². The third-order valence-electron chi connectivity index (χ3n) is 2.74. The molecule has 0 aliphatic heterocycles. The van der Waals surface area contributed by atoms with E-state index in [-0.39, 0.29) is 5.91 Å². The van der Waals surface area contributed by atoms with Crippen LogP contribution in [-0.2, 0) is 11.3 Å². The Hall–Kier alpha value is -2.42. The van der Waals surface area contributed by atoms with Crippen LogP contribution < -0.4 is 5.32 Å². The number of nitrogens with one attached hydrogen (secondary N) is 1. The van der Waals surface area contributed by atoms with Crippen molar-refractivity contribution in [3.63, 3.8) is 0 Å². The molecule has 0 atom stereocenters. The maximum atomic E-state index is 11.9. The Bertz CT molecular complexity index is 562. The average Bonchev–Trinajstić information content (AvgIpc) is 2.47. The van der Waals surface area contributed by atoms with Gasteiger partial charge in [-0.05, 0) is 36.3 Å². The quantitative estimate of drug-likeness (QED) is 0.850. The van der Waals surface area contributed by atoms with Gasteiger partial charge < -0.3 is 5.32 Å². The van der Waals surface area contributed by atoms with Gasteiger partial charge in [0, 0.05) is 24.5 Å². The minimum Gasteiger partial charge on any atom is -0.348 e. The summed E-state index contributed by atoms with van der Waals surface area (Å²) in [5.74, 6) is -0.0549. The van der Waals surface area contributed by atoms with E-state index in [4.69, 9.17) is 0 Å². The Morgan fingerprint density at radius 3 is 2.53 bits per heavy atom. The lowest BCUT2D eigenvalue weighted by Crippen LogP contribution is -2.23. The molecular formula is C16H16N2O. The molecule has 2 aromatic rings. The van der Waals surface area contributed by atoms with Gasteiger partial charge in [0.15, 0.2) is 0 Å². The first-order valence-corrected chi connectivity index (χ1v) is 6.16. The zero-order valence-corrected chi connectivity index (χ0v) is 10.8. The Labute approximate surface area is 113 Å². The average molecular weight is 252 g/mol. The molecule has 1 aromatic carbocycles. The summed E-state index contributed by atoms with van der Waals surface area (Å²) in [6.45, 7) is 2.33. The van der Waals surface area contributed by atoms with Crippen LogP contribution in [0.4, 0.5) is 0 Å². The van der Waals surface area contributed by atoms with Gasteiger partial charge in [-0.15, -0.1) is 0 Å². The fourth-order valence-electron chi connectivity index (χ4n) is 1.69. The minimum absolute atomic E-state index is 0.0549. The van der Waals surface area contributed by atoms with Crippen LogP contribution in [0.2, 0.25) is 0 Å². The number of rotatable bonds is 4. The molecule has 2 rings (SSSR count). The van der Waals surface area contributed by atoms with Crippen molar-refractivity contribution in [2.45, 2.75) is 13.5 Å². The summed E-state index contributed by atoms with van der Waals surface area (Å²) >= 11 is 0. The summed E-state index contributed by atoms with van der Waals surface area (Å²) in [6.07, 6.45) is 5.31. The van der Waals surface area contributed by atoms with E-state index in [0.717, 1.165) is 11.1 Å². The van der Waals surface area contributed by atoms with Gasteiger partial charge in [0.25, 0.3) is 0 Å². The molecule has 1 N–H and O–H groups in total. The minimum atomic E-state index is -0.0549. The lowest BCUT2D eigenvalue weighted by Gasteiger charge is -2.05. The number of carbonyl (C=O) groups excluding carboxylic acids is 1. The van der Waals surface area contributed by atoms with Crippen molar-refractivity contribution in [1.82, 2.24) is 10.3 Å². The van der Waals surface area contributed by atoms with Crippen molar-refractivity contribution in [2.24, 2.45) is 0 Å². The second kappa shape index (κ2) is 6.50. The summed E-state index contributed by atoms with van der Waals surface area (Å²) in [5, 5.41) is 2.88. The molecule has 3 heteroatoms. The fourth-order valence-corrected chi connectivity index (χ4v) is 1.69. The molecule has 0 saturated heterocycles. The summed E-state index contributed by atoms with van der Waals surface area (Å²) in [7, 11) is 0. The van der Waals surface area contributed by atoms with E-state index in [1.54, 1.807) is 12.4 Å². The van der Waals surface area contributed by atoms with Crippen molar-refractivity contribution in [2.75, 3.05) is 0 Å². The van der Waals surface area contributed by atoms with Crippen LogP contribution in [0.3, 0.4) is 0 Å². The van der Waals surface area contributed by atoms with Gasteiger partial charge in [-0.2, -0.15) is 0 Å². The summed E-state index contributed by atoms with van der Waals surface area (Å²) in [4.78, 5) is 15.9. The van der Waals surface area contributed by atoms with E-state index in [1.807, 2.05) is 55.5 Å². The number of amides is 1. The van der Waals surface area contributed by atoms with Gasteiger partial charge in [0.1, 0.15) is 0 Å². The lowest BCUT2D eigenvalue weighted by atomic mass is 10.1. The van der Waals surface area contributed by atoms with Gasteiger partial charge in [0.05, 0.1) is 0 Å². The third-order valence-corrected chi connectivity index (χ3v) is 2.74. The van der Waals surface area contributed by atoms with Crippen molar-refractivity contribution in [3.8, 4) is 0 Å². The Morgan fingerprint density at radius 2 is 1.84 bits per heavy atom. The molecule has 1 aromatic heterocycles. The molecule has 0 bridgehead atoms. The second-order valence-electron chi connectivity index (χ2n) is 4.28. The van der Waals surface area contributed by atoms with Crippen LogP contribution in [0.5, 0.6) is 0 Å². The Morgan fingerprint density at radius 1 is 1.16 bits per heavy atom. The summed E-state index contributed by atoms with van der Waals surface area (Å²) < 4.78 is 0. The summed E-state index contributed by atoms with van der Waals surface area (Å²) in [6, 6.07) is 13.6. The number of aromatic nitrogens is 1. The Kier molecular flexibility index (Phi) is 4.45. The predicted molar refractivity (Wildman–Crippen MR) is 76.2 cm³/mol. The van der Waals surface area contributed by atoms with Crippen LogP contribution in [0.15, 0.2) is 60.4 Å². The number of benzene rings is 1. The van der Waals surface area contributed by atoms with E-state index < -0.39 is 0 Å². The molecule has 0 radical (unpaired) electrons. The summed E-state index contributed by atoms with van der Waals surface area (Å²) in [5.41, 5.74) is 2.76. The topological polar surface area (TPSA) is 42.0 Å². The first-order chi connectivity index (χ1) is 9.25. The molecule has 19 heavy (non-hydrogen) atoms. The van der Waals surface area contributed by atoms with Gasteiger partial charge in [-0.1, -0.05) is 30.3 Å². The van der Waals surface area contributed by atoms with E-state index in [0.29, 0.717) is 12.1 Å². The molecule has 1 amide bonds. The molecule has 96 valence electrons. The molecular weight excluding hydrogens is 236 g/mol. The molecule has 0 aliphatic carbocycles. The van der Waals surface area contributed by atoms with E-state index in [2.05, 4.69) is 10.3 Å². The highest BCUT2D eigenvalue weighted by molar-refractivity contribution is 5.97. The molecule has 0 unspecified atom stereocenters.